The van der Waals surface area contributed by atoms with E-state index in [9.17, 15) is 4.79 Å². The molecule has 1 atom stereocenters. The van der Waals surface area contributed by atoms with Gasteiger partial charge >= 0.3 is 0 Å². The molecule has 18 heavy (non-hydrogen) atoms. The van der Waals surface area contributed by atoms with Gasteiger partial charge in [0, 0.05) is 19.7 Å². The summed E-state index contributed by atoms with van der Waals surface area (Å²) in [6.07, 6.45) is 0. The van der Waals surface area contributed by atoms with Gasteiger partial charge in [0.15, 0.2) is 5.78 Å². The number of ether oxygens (including phenoxy) is 2. The van der Waals surface area contributed by atoms with E-state index in [-0.39, 0.29) is 17.3 Å². The zero-order valence-corrected chi connectivity index (χ0v) is 12.6. The van der Waals surface area contributed by atoms with Crippen molar-refractivity contribution in [2.24, 2.45) is 5.92 Å². The molecule has 1 aliphatic heterocycles. The first-order chi connectivity index (χ1) is 8.20. The van der Waals surface area contributed by atoms with E-state index >= 15 is 0 Å². The lowest BCUT2D eigenvalue weighted by atomic mass is 9.85. The number of nitrogens with zero attached hydrogens (tertiary/aromatic N) is 1. The zero-order valence-electron chi connectivity index (χ0n) is 12.6. The molecule has 1 fully saturated rings. The number of likely N-dealkylation sites (N-methyl/N-ethyl adjacent to an activating group) is 1. The molecule has 4 nitrogen and oxygen atoms in total. The molecule has 1 unspecified atom stereocenters. The summed E-state index contributed by atoms with van der Waals surface area (Å²) >= 11 is 0. The molecule has 1 rings (SSSR count). The summed E-state index contributed by atoms with van der Waals surface area (Å²) in [6, 6.07) is 0. The third-order valence-corrected chi connectivity index (χ3v) is 3.58. The van der Waals surface area contributed by atoms with Gasteiger partial charge in [-0.3, -0.25) is 4.79 Å². The third-order valence-electron chi connectivity index (χ3n) is 3.58. The second-order valence-electron chi connectivity index (χ2n) is 6.09. The van der Waals surface area contributed by atoms with E-state index < -0.39 is 5.60 Å². The molecule has 0 radical (unpaired) electrons. The molecule has 1 saturated heterocycles. The van der Waals surface area contributed by atoms with Crippen LogP contribution in [0, 0.1) is 5.92 Å². The summed E-state index contributed by atoms with van der Waals surface area (Å²) in [7, 11) is 2.02. The average Bonchev–Trinajstić information content (AvgIpc) is 2.37. The van der Waals surface area contributed by atoms with Crippen LogP contribution in [0.4, 0.5) is 0 Å². The maximum atomic E-state index is 12.3. The highest BCUT2D eigenvalue weighted by Crippen LogP contribution is 2.39. The Morgan fingerprint density at radius 1 is 1.33 bits per heavy atom. The molecule has 0 bridgehead atoms. The standard InChI is InChI=1S/C14H27NO3/c1-7-17-9-8-15(6)10-11-12(16)14(4,5)18-13(11,2)3/h11H,7-10H2,1-6H3. The van der Waals surface area contributed by atoms with Crippen molar-refractivity contribution < 1.29 is 14.3 Å². The Balaban J connectivity index is 2.57. The van der Waals surface area contributed by atoms with Crippen molar-refractivity contribution in [2.75, 3.05) is 33.4 Å². The smallest absolute Gasteiger partial charge is 0.171 e. The summed E-state index contributed by atoms with van der Waals surface area (Å²) in [5.41, 5.74) is -1.05. The van der Waals surface area contributed by atoms with Crippen LogP contribution >= 0.6 is 0 Å². The van der Waals surface area contributed by atoms with E-state index in [1.165, 1.54) is 0 Å². The van der Waals surface area contributed by atoms with E-state index in [0.717, 1.165) is 19.7 Å². The Labute approximate surface area is 111 Å². The molecular formula is C14H27NO3. The molecule has 0 N–H and O–H groups in total. The Hall–Kier alpha value is -0.450. The molecule has 1 heterocycles. The SMILES string of the molecule is CCOCCN(C)CC1C(=O)C(C)(C)OC1(C)C. The molecule has 0 spiro atoms. The number of Topliss-reactive ketones (excluding diaryl/α,β-unsaturated/α-hetero) is 1. The molecule has 106 valence electrons. The zero-order chi connectivity index (χ0) is 14.0. The monoisotopic (exact) mass is 257 g/mol. The molecule has 0 aromatic carbocycles. The van der Waals surface area contributed by atoms with Crippen LogP contribution in [0.2, 0.25) is 0 Å². The molecule has 0 amide bonds. The minimum atomic E-state index is -0.658. The van der Waals surface area contributed by atoms with Crippen molar-refractivity contribution in [1.29, 1.82) is 0 Å². The summed E-state index contributed by atoms with van der Waals surface area (Å²) in [4.78, 5) is 14.5. The normalized spacial score (nSPS) is 25.9. The van der Waals surface area contributed by atoms with Crippen LogP contribution in [-0.2, 0) is 14.3 Å². The van der Waals surface area contributed by atoms with Crippen molar-refractivity contribution in [3.8, 4) is 0 Å². The van der Waals surface area contributed by atoms with Crippen LogP contribution < -0.4 is 0 Å². The first-order valence-electron chi connectivity index (χ1n) is 6.71. The van der Waals surface area contributed by atoms with Crippen molar-refractivity contribution in [1.82, 2.24) is 4.90 Å². The quantitative estimate of drug-likeness (QED) is 0.679. The van der Waals surface area contributed by atoms with Crippen molar-refractivity contribution >= 4 is 5.78 Å². The molecule has 0 aromatic rings. The van der Waals surface area contributed by atoms with Crippen LogP contribution in [-0.4, -0.2) is 55.2 Å². The first kappa shape index (κ1) is 15.6. The second-order valence-corrected chi connectivity index (χ2v) is 6.09. The lowest BCUT2D eigenvalue weighted by molar-refractivity contribution is -0.132. The first-order valence-corrected chi connectivity index (χ1v) is 6.71. The van der Waals surface area contributed by atoms with Crippen molar-refractivity contribution in [3.05, 3.63) is 0 Å². The maximum absolute atomic E-state index is 12.3. The minimum Gasteiger partial charge on any atom is -0.380 e. The van der Waals surface area contributed by atoms with Gasteiger partial charge < -0.3 is 14.4 Å². The number of rotatable bonds is 6. The molecule has 0 aromatic heterocycles. The van der Waals surface area contributed by atoms with Crippen LogP contribution in [0.15, 0.2) is 0 Å². The minimum absolute atomic E-state index is 0.0703. The predicted octanol–water partition coefficient (Wildman–Crippen LogP) is 1.73. The Morgan fingerprint density at radius 3 is 2.39 bits per heavy atom. The van der Waals surface area contributed by atoms with Gasteiger partial charge in [-0.05, 0) is 41.7 Å². The number of carbonyl (C=O) groups is 1. The van der Waals surface area contributed by atoms with Crippen molar-refractivity contribution in [2.45, 2.75) is 45.8 Å². The highest BCUT2D eigenvalue weighted by atomic mass is 16.5. The van der Waals surface area contributed by atoms with Gasteiger partial charge in [0.05, 0.1) is 18.1 Å². The largest absolute Gasteiger partial charge is 0.380 e. The van der Waals surface area contributed by atoms with Gasteiger partial charge in [0.2, 0.25) is 0 Å². The van der Waals surface area contributed by atoms with Gasteiger partial charge in [0.25, 0.3) is 0 Å². The number of ketones is 1. The predicted molar refractivity (Wildman–Crippen MR) is 71.7 cm³/mol. The average molecular weight is 257 g/mol. The summed E-state index contributed by atoms with van der Waals surface area (Å²) in [5.74, 6) is 0.134. The van der Waals surface area contributed by atoms with E-state index in [1.54, 1.807) is 0 Å². The lowest BCUT2D eigenvalue weighted by Gasteiger charge is -2.28. The van der Waals surface area contributed by atoms with Crippen LogP contribution in [0.3, 0.4) is 0 Å². The fourth-order valence-corrected chi connectivity index (χ4v) is 2.58. The highest BCUT2D eigenvalue weighted by molar-refractivity contribution is 5.91. The van der Waals surface area contributed by atoms with Gasteiger partial charge in [-0.15, -0.1) is 0 Å². The van der Waals surface area contributed by atoms with Crippen molar-refractivity contribution in [3.63, 3.8) is 0 Å². The summed E-state index contributed by atoms with van der Waals surface area (Å²) in [6.45, 7) is 12.7. The fraction of sp³-hybridized carbons (Fsp3) is 0.929. The third kappa shape index (κ3) is 3.53. The van der Waals surface area contributed by atoms with Gasteiger partial charge in [-0.25, -0.2) is 0 Å². The number of hydrogen-bond acceptors (Lipinski definition) is 4. The number of carbonyl (C=O) groups excluding carboxylic acids is 1. The van der Waals surface area contributed by atoms with E-state index in [0.29, 0.717) is 6.61 Å². The van der Waals surface area contributed by atoms with Crippen LogP contribution in [0.1, 0.15) is 34.6 Å². The molecule has 4 heteroatoms. The topological polar surface area (TPSA) is 38.8 Å². The maximum Gasteiger partial charge on any atom is 0.171 e. The van der Waals surface area contributed by atoms with Crippen LogP contribution in [0.25, 0.3) is 0 Å². The van der Waals surface area contributed by atoms with Gasteiger partial charge in [-0.2, -0.15) is 0 Å². The second kappa shape index (κ2) is 5.68. The lowest BCUT2D eigenvalue weighted by Crippen LogP contribution is -2.40. The molecular weight excluding hydrogens is 230 g/mol. The van der Waals surface area contributed by atoms with Crippen LogP contribution in [0.5, 0.6) is 0 Å². The fourth-order valence-electron chi connectivity index (χ4n) is 2.58. The van der Waals surface area contributed by atoms with E-state index in [2.05, 4.69) is 4.90 Å². The molecule has 0 aliphatic carbocycles. The molecule has 1 aliphatic rings. The molecule has 0 saturated carbocycles. The summed E-state index contributed by atoms with van der Waals surface area (Å²) < 4.78 is 11.2. The van der Waals surface area contributed by atoms with E-state index in [1.807, 2.05) is 41.7 Å². The Bertz CT molecular complexity index is 299. The van der Waals surface area contributed by atoms with Gasteiger partial charge in [0.1, 0.15) is 5.60 Å². The Kier molecular flexibility index (Phi) is 4.92. The Morgan fingerprint density at radius 2 is 1.94 bits per heavy atom. The number of hydrogen-bond donors (Lipinski definition) is 0. The van der Waals surface area contributed by atoms with E-state index in [4.69, 9.17) is 9.47 Å². The summed E-state index contributed by atoms with van der Waals surface area (Å²) in [5, 5.41) is 0. The highest BCUT2D eigenvalue weighted by Gasteiger charge is 2.53. The van der Waals surface area contributed by atoms with Gasteiger partial charge in [-0.1, -0.05) is 0 Å².